The molecule has 4 nitrogen and oxygen atoms in total. The highest BCUT2D eigenvalue weighted by Gasteiger charge is 2.30. The summed E-state index contributed by atoms with van der Waals surface area (Å²) in [4.78, 5) is 10.8. The number of benzene rings is 1. The van der Waals surface area contributed by atoms with Crippen molar-refractivity contribution >= 4 is 17.3 Å². The minimum absolute atomic E-state index is 0.352. The molecule has 0 aliphatic carbocycles. The molecule has 1 aromatic carbocycles. The number of rotatable bonds is 3. The number of nitrogens with zero attached hydrogens (tertiary/aromatic N) is 3. The largest absolute Gasteiger partial charge is 0.416 e. The van der Waals surface area contributed by atoms with Gasteiger partial charge < -0.3 is 10.2 Å². The van der Waals surface area contributed by atoms with Crippen LogP contribution in [0.15, 0.2) is 30.3 Å². The Hall–Kier alpha value is -2.31. The molecule has 23 heavy (non-hydrogen) atoms. The van der Waals surface area contributed by atoms with Gasteiger partial charge in [-0.15, -0.1) is 0 Å². The van der Waals surface area contributed by atoms with Crippen molar-refractivity contribution in [2.45, 2.75) is 25.9 Å². The lowest BCUT2D eigenvalue weighted by Crippen LogP contribution is -2.19. The van der Waals surface area contributed by atoms with Crippen LogP contribution >= 0.6 is 0 Å². The molecule has 1 aliphatic rings. The van der Waals surface area contributed by atoms with E-state index in [9.17, 15) is 13.2 Å². The lowest BCUT2D eigenvalue weighted by molar-refractivity contribution is -0.137. The highest BCUT2D eigenvalue weighted by atomic mass is 19.4. The van der Waals surface area contributed by atoms with Crippen LogP contribution in [0.25, 0.3) is 0 Å². The van der Waals surface area contributed by atoms with Gasteiger partial charge in [0.1, 0.15) is 17.5 Å². The predicted octanol–water partition coefficient (Wildman–Crippen LogP) is 4.15. The van der Waals surface area contributed by atoms with E-state index in [1.54, 1.807) is 19.1 Å². The molecule has 0 atom stereocenters. The molecule has 7 heteroatoms. The molecule has 1 saturated heterocycles. The third-order valence-electron chi connectivity index (χ3n) is 3.72. The summed E-state index contributed by atoms with van der Waals surface area (Å²) < 4.78 is 38.3. The van der Waals surface area contributed by atoms with Crippen molar-refractivity contribution < 1.29 is 13.2 Å². The zero-order chi connectivity index (χ0) is 16.4. The molecular formula is C16H17F3N4. The van der Waals surface area contributed by atoms with Crippen LogP contribution in [0.5, 0.6) is 0 Å². The first-order valence-corrected chi connectivity index (χ1v) is 7.47. The molecule has 3 rings (SSSR count). The Labute approximate surface area is 132 Å². The van der Waals surface area contributed by atoms with Crippen molar-refractivity contribution in [2.75, 3.05) is 23.3 Å². The lowest BCUT2D eigenvalue weighted by Gasteiger charge is -2.18. The summed E-state index contributed by atoms with van der Waals surface area (Å²) in [6.07, 6.45) is -2.11. The number of halogens is 3. The van der Waals surface area contributed by atoms with E-state index in [1.165, 1.54) is 6.07 Å². The van der Waals surface area contributed by atoms with Gasteiger partial charge in [0.2, 0.25) is 0 Å². The number of hydrogen-bond acceptors (Lipinski definition) is 4. The van der Waals surface area contributed by atoms with Gasteiger partial charge in [0.05, 0.1) is 5.56 Å². The highest BCUT2D eigenvalue weighted by molar-refractivity contribution is 5.60. The standard InChI is InChI=1S/C16H17F3N4/c1-11-20-14(10-15(21-11)23-7-2-3-8-23)22-13-6-4-5-12(9-13)16(17,18)19/h4-6,9-10H,2-3,7-8H2,1H3,(H,20,21,22). The average Bonchev–Trinajstić information content (AvgIpc) is 3.00. The fraction of sp³-hybridized carbons (Fsp3) is 0.375. The van der Waals surface area contributed by atoms with Crippen LogP contribution < -0.4 is 10.2 Å². The Kier molecular flexibility index (Phi) is 4.11. The normalized spacial score (nSPS) is 15.0. The van der Waals surface area contributed by atoms with Crippen LogP contribution in [0.4, 0.5) is 30.5 Å². The van der Waals surface area contributed by atoms with Crippen molar-refractivity contribution in [3.63, 3.8) is 0 Å². The van der Waals surface area contributed by atoms with Crippen molar-refractivity contribution in [1.82, 2.24) is 9.97 Å². The fourth-order valence-electron chi connectivity index (χ4n) is 2.65. The Morgan fingerprint density at radius 3 is 2.52 bits per heavy atom. The monoisotopic (exact) mass is 322 g/mol. The smallest absolute Gasteiger partial charge is 0.356 e. The Morgan fingerprint density at radius 2 is 1.83 bits per heavy atom. The molecule has 0 spiro atoms. The number of nitrogens with one attached hydrogen (secondary N) is 1. The molecule has 2 aromatic rings. The summed E-state index contributed by atoms with van der Waals surface area (Å²) in [5.74, 6) is 1.90. The third-order valence-corrected chi connectivity index (χ3v) is 3.72. The lowest BCUT2D eigenvalue weighted by atomic mass is 10.2. The van der Waals surface area contributed by atoms with Gasteiger partial charge in [-0.25, -0.2) is 9.97 Å². The number of hydrogen-bond donors (Lipinski definition) is 1. The second-order valence-electron chi connectivity index (χ2n) is 5.56. The van der Waals surface area contributed by atoms with E-state index in [0.717, 1.165) is 43.9 Å². The first-order valence-electron chi connectivity index (χ1n) is 7.47. The minimum Gasteiger partial charge on any atom is -0.356 e. The summed E-state index contributed by atoms with van der Waals surface area (Å²) in [6, 6.07) is 6.86. The number of alkyl halides is 3. The summed E-state index contributed by atoms with van der Waals surface area (Å²) in [7, 11) is 0. The zero-order valence-corrected chi connectivity index (χ0v) is 12.7. The average molecular weight is 322 g/mol. The Balaban J connectivity index is 1.85. The van der Waals surface area contributed by atoms with E-state index in [2.05, 4.69) is 20.2 Å². The maximum atomic E-state index is 12.8. The van der Waals surface area contributed by atoms with Gasteiger partial charge >= 0.3 is 6.18 Å². The van der Waals surface area contributed by atoms with Crippen LogP contribution in [-0.2, 0) is 6.18 Å². The molecule has 0 radical (unpaired) electrons. The molecule has 0 amide bonds. The Bertz CT molecular complexity index is 694. The first kappa shape index (κ1) is 15.6. The highest BCUT2D eigenvalue weighted by Crippen LogP contribution is 2.31. The van der Waals surface area contributed by atoms with Crippen molar-refractivity contribution in [3.8, 4) is 0 Å². The second kappa shape index (κ2) is 6.06. The van der Waals surface area contributed by atoms with Crippen molar-refractivity contribution in [1.29, 1.82) is 0 Å². The van der Waals surface area contributed by atoms with Gasteiger partial charge in [-0.2, -0.15) is 13.2 Å². The quantitative estimate of drug-likeness (QED) is 0.922. The summed E-state index contributed by atoms with van der Waals surface area (Å²) in [5.41, 5.74) is -0.335. The van der Waals surface area contributed by atoms with Crippen molar-refractivity contribution in [2.24, 2.45) is 0 Å². The Morgan fingerprint density at radius 1 is 1.09 bits per heavy atom. The van der Waals surface area contributed by atoms with E-state index < -0.39 is 11.7 Å². The number of anilines is 3. The number of aryl methyl sites for hydroxylation is 1. The molecule has 0 bridgehead atoms. The zero-order valence-electron chi connectivity index (χ0n) is 12.7. The number of aromatic nitrogens is 2. The summed E-state index contributed by atoms with van der Waals surface area (Å²) in [6.45, 7) is 3.66. The van der Waals surface area contributed by atoms with Gasteiger partial charge in [0.25, 0.3) is 0 Å². The second-order valence-corrected chi connectivity index (χ2v) is 5.56. The molecule has 122 valence electrons. The van der Waals surface area contributed by atoms with Crippen LogP contribution in [0.2, 0.25) is 0 Å². The van der Waals surface area contributed by atoms with E-state index in [-0.39, 0.29) is 0 Å². The van der Waals surface area contributed by atoms with Crippen LogP contribution in [0, 0.1) is 6.92 Å². The molecule has 1 fully saturated rings. The maximum absolute atomic E-state index is 12.8. The molecule has 2 heterocycles. The fourth-order valence-corrected chi connectivity index (χ4v) is 2.65. The summed E-state index contributed by atoms with van der Waals surface area (Å²) >= 11 is 0. The van der Waals surface area contributed by atoms with Gasteiger partial charge in [-0.05, 0) is 38.0 Å². The van der Waals surface area contributed by atoms with E-state index >= 15 is 0 Å². The molecule has 0 saturated carbocycles. The van der Waals surface area contributed by atoms with E-state index in [1.807, 2.05) is 0 Å². The van der Waals surface area contributed by atoms with Gasteiger partial charge in [-0.1, -0.05) is 6.07 Å². The van der Waals surface area contributed by atoms with E-state index in [0.29, 0.717) is 17.3 Å². The molecule has 1 N–H and O–H groups in total. The summed E-state index contributed by atoms with van der Waals surface area (Å²) in [5, 5.41) is 2.94. The predicted molar refractivity (Wildman–Crippen MR) is 82.9 cm³/mol. The minimum atomic E-state index is -4.36. The van der Waals surface area contributed by atoms with Gasteiger partial charge in [0.15, 0.2) is 0 Å². The van der Waals surface area contributed by atoms with Crippen molar-refractivity contribution in [3.05, 3.63) is 41.7 Å². The molecule has 1 aromatic heterocycles. The van der Waals surface area contributed by atoms with Crippen LogP contribution in [0.3, 0.4) is 0 Å². The molecule has 1 aliphatic heterocycles. The van der Waals surface area contributed by atoms with Gasteiger partial charge in [-0.3, -0.25) is 0 Å². The van der Waals surface area contributed by atoms with Gasteiger partial charge in [0, 0.05) is 24.8 Å². The molecule has 0 unspecified atom stereocenters. The SMILES string of the molecule is Cc1nc(Nc2cccc(C(F)(F)F)c2)cc(N2CCCC2)n1. The van der Waals surface area contributed by atoms with Crippen LogP contribution in [-0.4, -0.2) is 23.1 Å². The molecular weight excluding hydrogens is 305 g/mol. The van der Waals surface area contributed by atoms with Crippen LogP contribution in [0.1, 0.15) is 24.2 Å². The topological polar surface area (TPSA) is 41.1 Å². The van der Waals surface area contributed by atoms with E-state index in [4.69, 9.17) is 0 Å². The third kappa shape index (κ3) is 3.72. The maximum Gasteiger partial charge on any atom is 0.416 e. The first-order chi connectivity index (χ1) is 10.9.